The van der Waals surface area contributed by atoms with Gasteiger partial charge in [0, 0.05) is 36.5 Å². The second kappa shape index (κ2) is 8.03. The number of hydrogen-bond acceptors (Lipinski definition) is 3. The first-order valence-electron chi connectivity index (χ1n) is 9.04. The molecule has 0 saturated carbocycles. The molecule has 0 radical (unpaired) electrons. The van der Waals surface area contributed by atoms with E-state index in [0.29, 0.717) is 6.54 Å². The van der Waals surface area contributed by atoms with Crippen LogP contribution in [0.1, 0.15) is 37.6 Å². The average Bonchev–Trinajstić information content (AvgIpc) is 3.02. The second-order valence-corrected chi connectivity index (χ2v) is 6.62. The van der Waals surface area contributed by atoms with Gasteiger partial charge in [0.1, 0.15) is 0 Å². The summed E-state index contributed by atoms with van der Waals surface area (Å²) in [6.07, 6.45) is 2.05. The molecule has 2 amide bonds. The number of rotatable bonds is 6. The maximum absolute atomic E-state index is 12.1. The minimum Gasteiger partial charge on any atom is -0.356 e. The van der Waals surface area contributed by atoms with E-state index >= 15 is 0 Å². The van der Waals surface area contributed by atoms with Crippen LogP contribution in [0.5, 0.6) is 0 Å². The third-order valence-corrected chi connectivity index (χ3v) is 4.61. The Kier molecular flexibility index (Phi) is 5.54. The van der Waals surface area contributed by atoms with Gasteiger partial charge in [-0.25, -0.2) is 4.68 Å². The number of hydrogen-bond donors (Lipinski definition) is 2. The molecule has 0 bridgehead atoms. The molecule has 0 spiro atoms. The Balaban J connectivity index is 1.78. The fourth-order valence-corrected chi connectivity index (χ4v) is 3.23. The molecule has 3 rings (SSSR count). The minimum atomic E-state index is -0.168. The molecule has 2 aromatic carbocycles. The first-order valence-corrected chi connectivity index (χ1v) is 9.04. The van der Waals surface area contributed by atoms with Gasteiger partial charge in [-0.15, -0.1) is 0 Å². The van der Waals surface area contributed by atoms with E-state index in [4.69, 9.17) is 0 Å². The molecule has 1 atom stereocenters. The number of carbonyl (C=O) groups excluding carboxylic acids is 2. The van der Waals surface area contributed by atoms with Crippen LogP contribution in [0.15, 0.2) is 48.7 Å². The van der Waals surface area contributed by atoms with E-state index in [1.165, 1.54) is 6.92 Å². The van der Waals surface area contributed by atoms with Crippen LogP contribution >= 0.6 is 0 Å². The maximum Gasteiger partial charge on any atom is 0.222 e. The van der Waals surface area contributed by atoms with Crippen molar-refractivity contribution in [3.05, 3.63) is 59.9 Å². The normalized spacial score (nSPS) is 12.0. The van der Waals surface area contributed by atoms with Crippen molar-refractivity contribution in [3.8, 4) is 5.69 Å². The van der Waals surface area contributed by atoms with E-state index in [2.05, 4.69) is 33.9 Å². The van der Waals surface area contributed by atoms with Crippen LogP contribution in [0.4, 0.5) is 0 Å². The summed E-state index contributed by atoms with van der Waals surface area (Å²) in [6, 6.07) is 14.2. The Morgan fingerprint density at radius 3 is 2.67 bits per heavy atom. The Labute approximate surface area is 158 Å². The molecule has 140 valence electrons. The summed E-state index contributed by atoms with van der Waals surface area (Å²) < 4.78 is 1.91. The topological polar surface area (TPSA) is 76.0 Å². The van der Waals surface area contributed by atoms with Crippen LogP contribution in [0.2, 0.25) is 0 Å². The quantitative estimate of drug-likeness (QED) is 0.706. The monoisotopic (exact) mass is 364 g/mol. The summed E-state index contributed by atoms with van der Waals surface area (Å²) in [5, 5.41) is 12.4. The van der Waals surface area contributed by atoms with Crippen LogP contribution in [0.3, 0.4) is 0 Å². The van der Waals surface area contributed by atoms with Crippen molar-refractivity contribution in [1.29, 1.82) is 0 Å². The van der Waals surface area contributed by atoms with Crippen LogP contribution in [-0.2, 0) is 9.59 Å². The molecule has 6 heteroatoms. The summed E-state index contributed by atoms with van der Waals surface area (Å²) in [6.45, 7) is 5.71. The Bertz CT molecular complexity index is 972. The summed E-state index contributed by atoms with van der Waals surface area (Å²) in [5.41, 5.74) is 2.97. The van der Waals surface area contributed by atoms with Crippen molar-refractivity contribution >= 4 is 22.6 Å². The van der Waals surface area contributed by atoms with Gasteiger partial charge in [0.15, 0.2) is 0 Å². The molecule has 2 N–H and O–H groups in total. The van der Waals surface area contributed by atoms with Crippen LogP contribution in [0, 0.1) is 6.92 Å². The van der Waals surface area contributed by atoms with Gasteiger partial charge < -0.3 is 10.6 Å². The van der Waals surface area contributed by atoms with Crippen molar-refractivity contribution in [3.63, 3.8) is 0 Å². The van der Waals surface area contributed by atoms with Gasteiger partial charge >= 0.3 is 0 Å². The molecule has 3 aromatic rings. The highest BCUT2D eigenvalue weighted by Gasteiger charge is 2.17. The van der Waals surface area contributed by atoms with Gasteiger partial charge in [-0.1, -0.05) is 36.4 Å². The van der Waals surface area contributed by atoms with Crippen molar-refractivity contribution in [1.82, 2.24) is 20.4 Å². The van der Waals surface area contributed by atoms with E-state index in [0.717, 1.165) is 27.7 Å². The summed E-state index contributed by atoms with van der Waals surface area (Å²) in [7, 11) is 0. The molecule has 27 heavy (non-hydrogen) atoms. The lowest BCUT2D eigenvalue weighted by Crippen LogP contribution is -2.31. The highest BCUT2D eigenvalue weighted by molar-refractivity contribution is 5.90. The molecule has 0 aliphatic carbocycles. The van der Waals surface area contributed by atoms with E-state index in [1.54, 1.807) is 6.20 Å². The highest BCUT2D eigenvalue weighted by atomic mass is 16.2. The highest BCUT2D eigenvalue weighted by Crippen LogP contribution is 2.25. The van der Waals surface area contributed by atoms with E-state index < -0.39 is 0 Å². The minimum absolute atomic E-state index is 0.103. The molecular weight excluding hydrogens is 340 g/mol. The molecule has 1 heterocycles. The van der Waals surface area contributed by atoms with Crippen LogP contribution in [-0.4, -0.2) is 28.1 Å². The SMILES string of the molecule is CC(=O)NCCC(=O)NC(C)c1cnn(-c2cccc3ccccc23)c1C. The van der Waals surface area contributed by atoms with Gasteiger partial charge in [0.05, 0.1) is 17.9 Å². The fraction of sp³-hybridized carbons (Fsp3) is 0.286. The lowest BCUT2D eigenvalue weighted by molar-refractivity contribution is -0.122. The molecule has 0 aliphatic rings. The summed E-state index contributed by atoms with van der Waals surface area (Å²) in [5.74, 6) is -0.239. The predicted molar refractivity (Wildman–Crippen MR) is 106 cm³/mol. The summed E-state index contributed by atoms with van der Waals surface area (Å²) in [4.78, 5) is 23.0. The van der Waals surface area contributed by atoms with E-state index in [-0.39, 0.29) is 24.3 Å². The zero-order chi connectivity index (χ0) is 19.4. The average molecular weight is 364 g/mol. The number of fused-ring (bicyclic) bond motifs is 1. The third-order valence-electron chi connectivity index (χ3n) is 4.61. The number of benzene rings is 2. The number of aromatic nitrogens is 2. The van der Waals surface area contributed by atoms with Crippen molar-refractivity contribution in [2.24, 2.45) is 0 Å². The van der Waals surface area contributed by atoms with Crippen molar-refractivity contribution < 1.29 is 9.59 Å². The third kappa shape index (κ3) is 4.16. The molecule has 1 aromatic heterocycles. The fourth-order valence-electron chi connectivity index (χ4n) is 3.23. The molecule has 6 nitrogen and oxygen atoms in total. The maximum atomic E-state index is 12.1. The first kappa shape index (κ1) is 18.6. The number of nitrogens with one attached hydrogen (secondary N) is 2. The summed E-state index contributed by atoms with van der Waals surface area (Å²) >= 11 is 0. The number of nitrogens with zero attached hydrogens (tertiary/aromatic N) is 2. The lowest BCUT2D eigenvalue weighted by Gasteiger charge is -2.15. The van der Waals surface area contributed by atoms with Gasteiger partial charge in [-0.2, -0.15) is 5.10 Å². The second-order valence-electron chi connectivity index (χ2n) is 6.62. The molecule has 0 fully saturated rings. The standard InChI is InChI=1S/C21H24N4O2/c1-14(24-21(27)11-12-22-16(3)26)19-13-23-25(15(19)2)20-10-6-8-17-7-4-5-9-18(17)20/h4-10,13-14H,11-12H2,1-3H3,(H,22,26)(H,24,27). The van der Waals surface area contributed by atoms with E-state index in [9.17, 15) is 9.59 Å². The molecule has 0 aliphatic heterocycles. The predicted octanol–water partition coefficient (Wildman–Crippen LogP) is 3.04. The number of carbonyl (C=O) groups is 2. The Morgan fingerprint density at radius 1 is 1.15 bits per heavy atom. The first-order chi connectivity index (χ1) is 13.0. The van der Waals surface area contributed by atoms with Crippen LogP contribution in [0.25, 0.3) is 16.5 Å². The zero-order valence-electron chi connectivity index (χ0n) is 15.8. The molecular formula is C21H24N4O2. The van der Waals surface area contributed by atoms with Crippen molar-refractivity contribution in [2.75, 3.05) is 6.54 Å². The number of amides is 2. The van der Waals surface area contributed by atoms with Gasteiger partial charge in [-0.3, -0.25) is 9.59 Å². The van der Waals surface area contributed by atoms with Crippen LogP contribution < -0.4 is 10.6 Å². The molecule has 0 saturated heterocycles. The van der Waals surface area contributed by atoms with Gasteiger partial charge in [-0.05, 0) is 25.3 Å². The van der Waals surface area contributed by atoms with Gasteiger partial charge in [0.25, 0.3) is 0 Å². The van der Waals surface area contributed by atoms with E-state index in [1.807, 2.05) is 42.8 Å². The Morgan fingerprint density at radius 2 is 1.89 bits per heavy atom. The van der Waals surface area contributed by atoms with Gasteiger partial charge in [0.2, 0.25) is 11.8 Å². The molecule has 1 unspecified atom stereocenters. The Hall–Kier alpha value is -3.15. The lowest BCUT2D eigenvalue weighted by atomic mass is 10.1. The largest absolute Gasteiger partial charge is 0.356 e. The van der Waals surface area contributed by atoms with Crippen molar-refractivity contribution in [2.45, 2.75) is 33.2 Å². The smallest absolute Gasteiger partial charge is 0.222 e. The zero-order valence-corrected chi connectivity index (χ0v) is 15.8.